The van der Waals surface area contributed by atoms with E-state index in [-0.39, 0.29) is 31.4 Å². The predicted molar refractivity (Wildman–Crippen MR) is 268 cm³/mol. The molecule has 0 unspecified atom stereocenters. The van der Waals surface area contributed by atoms with E-state index in [9.17, 15) is 0 Å². The van der Waals surface area contributed by atoms with Crippen molar-refractivity contribution in [1.82, 2.24) is 19.5 Å². The number of hydrogen-bond acceptors (Lipinski definition) is 4. The van der Waals surface area contributed by atoms with Crippen LogP contribution in [0, 0.1) is 24.5 Å². The molecule has 0 spiro atoms. The zero-order chi connectivity index (χ0) is 44.8. The number of rotatable bonds is 7. The summed E-state index contributed by atoms with van der Waals surface area (Å²) in [4.78, 5) is 14.5. The van der Waals surface area contributed by atoms with E-state index in [4.69, 9.17) is 14.4 Å². The molecule has 0 saturated heterocycles. The van der Waals surface area contributed by atoms with Crippen molar-refractivity contribution >= 4 is 50.6 Å². The first-order valence-electron chi connectivity index (χ1n) is 22.2. The standard InChI is InChI=1S/C38H34N3O.C19H26GeN.Ir/c1-23(2)30-20-26(25-11-8-7-9-12-25)21-31(38(4,5)6)35(30)41-33-22-39-18-17-32(33)40-37(41)29-14-10-13-28-27-16-15-24(3)19-34(27)42-36(28)29;1-19(2,3)13-16-12-18(15-10-8-7-9-11-15)21-14-17(16)20(4,5)6;/h7-13,15-23H,1-6H3;7-10,12,14H,13H2,1-6H3;/q2*-1;. The van der Waals surface area contributed by atoms with E-state index in [0.29, 0.717) is 5.41 Å². The fraction of sp³-hybridized carbons (Fsp3) is 0.281. The maximum atomic E-state index is 6.56. The number of benzene rings is 5. The maximum absolute atomic E-state index is 6.56. The summed E-state index contributed by atoms with van der Waals surface area (Å²) in [6.45, 7) is 20.4. The number of aromatic nitrogens is 4. The molecule has 0 aliphatic heterocycles. The van der Waals surface area contributed by atoms with Gasteiger partial charge in [-0.3, -0.25) is 9.97 Å². The second-order valence-electron chi connectivity index (χ2n) is 20.6. The van der Waals surface area contributed by atoms with E-state index in [2.05, 4.69) is 186 Å². The van der Waals surface area contributed by atoms with Crippen LogP contribution in [-0.4, -0.2) is 32.8 Å². The summed E-state index contributed by atoms with van der Waals surface area (Å²) in [5, 5.41) is 2.16. The number of furan rings is 1. The SMILES string of the molecule is CC(C)(C)Cc1cc(-c2[c-]cccc2)nc[c]1[Ge]([CH3])([CH3])[CH3].Cc1ccc2c(c1)oc1c(-c3nc4ccncc4n3-c3c(C(C)C)cc(-c4ccccc4)cc3C(C)(C)C)[c-]ccc12.[Ir]. The summed E-state index contributed by atoms with van der Waals surface area (Å²) >= 11 is -1.90. The van der Waals surface area contributed by atoms with E-state index in [0.717, 1.165) is 67.7 Å². The Bertz CT molecular complexity index is 3070. The Balaban J connectivity index is 0.000000236. The molecule has 0 fully saturated rings. The van der Waals surface area contributed by atoms with Gasteiger partial charge in [0.15, 0.2) is 0 Å². The van der Waals surface area contributed by atoms with Gasteiger partial charge in [0.1, 0.15) is 5.58 Å². The van der Waals surface area contributed by atoms with Crippen LogP contribution in [0.5, 0.6) is 0 Å². The van der Waals surface area contributed by atoms with Crippen molar-refractivity contribution in [3.63, 3.8) is 0 Å². The van der Waals surface area contributed by atoms with Crippen LogP contribution in [0.4, 0.5) is 0 Å². The molecule has 5 nitrogen and oxygen atoms in total. The van der Waals surface area contributed by atoms with Crippen LogP contribution in [0.1, 0.15) is 83.6 Å². The molecule has 0 aliphatic carbocycles. The fourth-order valence-electron chi connectivity index (χ4n) is 8.64. The van der Waals surface area contributed by atoms with E-state index >= 15 is 0 Å². The Morgan fingerprint density at radius 1 is 0.766 bits per heavy atom. The smallest absolute Gasteiger partial charge is 0.121 e. The molecule has 5 aromatic carbocycles. The average molecular weight is 1080 g/mol. The van der Waals surface area contributed by atoms with Gasteiger partial charge >= 0.3 is 132 Å². The van der Waals surface area contributed by atoms with E-state index in [1.165, 1.54) is 37.8 Å². The first-order chi connectivity index (χ1) is 29.9. The van der Waals surface area contributed by atoms with Crippen LogP contribution in [0.15, 0.2) is 132 Å². The maximum Gasteiger partial charge on any atom is 0.121 e. The van der Waals surface area contributed by atoms with Crippen LogP contribution in [0.3, 0.4) is 0 Å². The predicted octanol–water partition coefficient (Wildman–Crippen LogP) is 14.9. The molecule has 4 heterocycles. The Kier molecular flexibility index (Phi) is 13.5. The van der Waals surface area contributed by atoms with Gasteiger partial charge < -0.3 is 8.98 Å². The summed E-state index contributed by atoms with van der Waals surface area (Å²) in [6, 6.07) is 45.0. The normalized spacial score (nSPS) is 12.1. The molecule has 64 heavy (non-hydrogen) atoms. The van der Waals surface area contributed by atoms with Crippen LogP contribution in [-0.2, 0) is 31.9 Å². The van der Waals surface area contributed by atoms with Gasteiger partial charge in [-0.2, -0.15) is 0 Å². The first-order valence-corrected chi connectivity index (χ1v) is 29.6. The van der Waals surface area contributed by atoms with E-state index in [1.807, 2.05) is 42.7 Å². The van der Waals surface area contributed by atoms with Gasteiger partial charge in [-0.15, -0.1) is 18.2 Å². The molecule has 4 aromatic heterocycles. The first kappa shape index (κ1) is 46.8. The van der Waals surface area contributed by atoms with Crippen molar-refractivity contribution in [2.75, 3.05) is 0 Å². The zero-order valence-electron chi connectivity index (χ0n) is 39.4. The molecule has 0 N–H and O–H groups in total. The second-order valence-corrected chi connectivity index (χ2v) is 31.1. The number of fused-ring (bicyclic) bond motifs is 4. The quantitative estimate of drug-likeness (QED) is 0.118. The minimum absolute atomic E-state index is 0. The molecule has 0 saturated carbocycles. The molecule has 9 aromatic rings. The minimum atomic E-state index is -1.90. The Morgan fingerprint density at radius 2 is 1.52 bits per heavy atom. The number of aryl methyl sites for hydroxylation is 1. The van der Waals surface area contributed by atoms with Gasteiger partial charge in [0.2, 0.25) is 0 Å². The number of imidazole rings is 1. The molecule has 0 amide bonds. The molecular formula is C57H60GeIrN4O-2. The van der Waals surface area contributed by atoms with Gasteiger partial charge in [-0.1, -0.05) is 88.0 Å². The van der Waals surface area contributed by atoms with Crippen LogP contribution >= 0.6 is 0 Å². The largest absolute Gasteiger partial charge is 0.501 e. The van der Waals surface area contributed by atoms with Crippen LogP contribution in [0.25, 0.3) is 72.4 Å². The van der Waals surface area contributed by atoms with E-state index < -0.39 is 13.3 Å². The fourth-order valence-corrected chi connectivity index (χ4v) is 11.9. The van der Waals surface area contributed by atoms with Crippen LogP contribution in [0.2, 0.25) is 17.3 Å². The number of pyridine rings is 2. The van der Waals surface area contributed by atoms with Crippen molar-refractivity contribution in [1.29, 1.82) is 0 Å². The van der Waals surface area contributed by atoms with Crippen molar-refractivity contribution in [3.05, 3.63) is 162 Å². The summed E-state index contributed by atoms with van der Waals surface area (Å²) in [7, 11) is 0. The van der Waals surface area contributed by atoms with Crippen molar-refractivity contribution < 1.29 is 24.5 Å². The summed E-state index contributed by atoms with van der Waals surface area (Å²) in [6.07, 6.45) is 6.98. The minimum Gasteiger partial charge on any atom is -0.501 e. The molecular weight excluding hydrogens is 1020 g/mol. The summed E-state index contributed by atoms with van der Waals surface area (Å²) in [5.41, 5.74) is 15.4. The Hall–Kier alpha value is -5.14. The van der Waals surface area contributed by atoms with Crippen LogP contribution < -0.4 is 4.40 Å². The van der Waals surface area contributed by atoms with Gasteiger partial charge in [-0.05, 0) is 70.3 Å². The zero-order valence-corrected chi connectivity index (χ0v) is 43.9. The van der Waals surface area contributed by atoms with Gasteiger partial charge in [0.25, 0.3) is 0 Å². The second kappa shape index (κ2) is 18.4. The third-order valence-corrected chi connectivity index (χ3v) is 16.0. The third-order valence-electron chi connectivity index (χ3n) is 11.7. The van der Waals surface area contributed by atoms with Crippen molar-refractivity contribution in [2.24, 2.45) is 5.41 Å². The average Bonchev–Trinajstić information content (AvgIpc) is 3.81. The third kappa shape index (κ3) is 9.76. The summed E-state index contributed by atoms with van der Waals surface area (Å²) < 4.78 is 10.4. The number of nitrogens with zero attached hydrogens (tertiary/aromatic N) is 4. The Morgan fingerprint density at radius 3 is 2.19 bits per heavy atom. The molecule has 329 valence electrons. The molecule has 7 heteroatoms. The van der Waals surface area contributed by atoms with Gasteiger partial charge in [-0.25, -0.2) is 0 Å². The molecule has 0 aliphatic rings. The molecule has 9 rings (SSSR count). The van der Waals surface area contributed by atoms with Gasteiger partial charge in [0, 0.05) is 37.4 Å². The van der Waals surface area contributed by atoms with E-state index in [1.54, 1.807) is 0 Å². The van der Waals surface area contributed by atoms with Crippen molar-refractivity contribution in [3.8, 4) is 39.5 Å². The number of hydrogen-bond donors (Lipinski definition) is 0. The molecule has 1 radical (unpaired) electrons. The van der Waals surface area contributed by atoms with Crippen molar-refractivity contribution in [2.45, 2.75) is 97.3 Å². The monoisotopic (exact) mass is 1080 g/mol. The van der Waals surface area contributed by atoms with Gasteiger partial charge in [0.05, 0.1) is 28.6 Å². The topological polar surface area (TPSA) is 56.7 Å². The molecule has 0 bridgehead atoms. The summed E-state index contributed by atoms with van der Waals surface area (Å²) in [5.74, 6) is 8.40. The Labute approximate surface area is 396 Å². The molecule has 0 atom stereocenters.